The van der Waals surface area contributed by atoms with Crippen LogP contribution >= 0.6 is 0 Å². The Hall–Kier alpha value is -3.42. The minimum Gasteiger partial charge on any atom is -0.383 e. The van der Waals surface area contributed by atoms with E-state index in [1.54, 1.807) is 17.9 Å². The van der Waals surface area contributed by atoms with Gasteiger partial charge >= 0.3 is 11.8 Å². The second-order valence-corrected chi connectivity index (χ2v) is 8.46. The molecule has 8 nitrogen and oxygen atoms in total. The number of piperidine rings is 1. The highest BCUT2D eigenvalue weighted by molar-refractivity contribution is 6.39. The van der Waals surface area contributed by atoms with Gasteiger partial charge in [0.15, 0.2) is 0 Å². The topological polar surface area (TPSA) is 117 Å². The number of likely N-dealkylation sites (tertiary alicyclic amines) is 1. The van der Waals surface area contributed by atoms with E-state index in [2.05, 4.69) is 22.5 Å². The summed E-state index contributed by atoms with van der Waals surface area (Å²) in [7, 11) is 0. The number of nitrogens with two attached hydrogens (primary N) is 1. The van der Waals surface area contributed by atoms with Crippen LogP contribution in [0, 0.1) is 12.8 Å². The molecule has 0 bridgehead atoms. The predicted octanol–water partition coefficient (Wildman–Crippen LogP) is 2.20. The lowest BCUT2D eigenvalue weighted by molar-refractivity contribution is -0.146. The molecule has 0 spiro atoms. The minimum absolute atomic E-state index is 0.0650. The number of rotatable bonds is 2. The van der Waals surface area contributed by atoms with Crippen molar-refractivity contribution in [2.45, 2.75) is 39.2 Å². The summed E-state index contributed by atoms with van der Waals surface area (Å²) in [4.78, 5) is 43.6. The van der Waals surface area contributed by atoms with Crippen LogP contribution in [0.3, 0.4) is 0 Å². The van der Waals surface area contributed by atoms with Crippen molar-refractivity contribution in [1.82, 2.24) is 15.2 Å². The number of hydrogen-bond donors (Lipinski definition) is 3. The van der Waals surface area contributed by atoms with Gasteiger partial charge < -0.3 is 21.3 Å². The second kappa shape index (κ2) is 8.37. The summed E-state index contributed by atoms with van der Waals surface area (Å²) in [6.45, 7) is 4.99. The molecular weight excluding hydrogens is 394 g/mol. The highest BCUT2D eigenvalue weighted by Crippen LogP contribution is 2.34. The van der Waals surface area contributed by atoms with E-state index in [1.165, 1.54) is 6.20 Å². The number of aryl methyl sites for hydroxylation is 1. The fourth-order valence-electron chi connectivity index (χ4n) is 4.35. The number of benzene rings is 1. The van der Waals surface area contributed by atoms with Gasteiger partial charge in [-0.3, -0.25) is 14.4 Å². The van der Waals surface area contributed by atoms with E-state index < -0.39 is 11.8 Å². The number of nitrogens with zero attached hydrogens (tertiary/aromatic N) is 2. The second-order valence-electron chi connectivity index (χ2n) is 8.46. The third-order valence-corrected chi connectivity index (χ3v) is 6.09. The molecule has 0 aliphatic carbocycles. The van der Waals surface area contributed by atoms with E-state index in [9.17, 15) is 14.4 Å². The first-order valence-corrected chi connectivity index (χ1v) is 10.6. The van der Waals surface area contributed by atoms with Crippen LogP contribution in [-0.2, 0) is 16.0 Å². The lowest BCUT2D eigenvalue weighted by atomic mass is 9.87. The van der Waals surface area contributed by atoms with Crippen LogP contribution in [0.4, 0.5) is 11.5 Å². The van der Waals surface area contributed by atoms with E-state index in [1.807, 2.05) is 18.2 Å². The van der Waals surface area contributed by atoms with Crippen molar-refractivity contribution in [3.05, 3.63) is 52.7 Å². The SMILES string of the molecule is Cc1cc(NC(=O)C(=O)N2C[C@H](C)CC[C@H]2c2ccc3c(c2)CCNC3=O)cnc1N. The van der Waals surface area contributed by atoms with Gasteiger partial charge in [-0.1, -0.05) is 19.1 Å². The Kier molecular flexibility index (Phi) is 5.63. The third kappa shape index (κ3) is 4.23. The van der Waals surface area contributed by atoms with E-state index in [0.717, 1.165) is 36.0 Å². The van der Waals surface area contributed by atoms with Crippen molar-refractivity contribution >= 4 is 29.2 Å². The molecule has 1 aromatic heterocycles. The van der Waals surface area contributed by atoms with Crippen molar-refractivity contribution < 1.29 is 14.4 Å². The molecule has 0 saturated carbocycles. The van der Waals surface area contributed by atoms with Gasteiger partial charge in [0, 0.05) is 18.7 Å². The van der Waals surface area contributed by atoms with Gasteiger partial charge in [-0.05, 0) is 60.9 Å². The summed E-state index contributed by atoms with van der Waals surface area (Å²) in [5.41, 5.74) is 9.53. The maximum atomic E-state index is 13.1. The number of carbonyl (C=O) groups is 3. The molecule has 31 heavy (non-hydrogen) atoms. The first-order chi connectivity index (χ1) is 14.8. The van der Waals surface area contributed by atoms with Crippen LogP contribution in [0.15, 0.2) is 30.5 Å². The Labute approximate surface area is 181 Å². The number of nitrogen functional groups attached to an aromatic ring is 1. The molecule has 1 aromatic carbocycles. The molecule has 4 N–H and O–H groups in total. The molecule has 1 fully saturated rings. The summed E-state index contributed by atoms with van der Waals surface area (Å²) in [6.07, 6.45) is 3.94. The zero-order valence-corrected chi connectivity index (χ0v) is 17.8. The third-order valence-electron chi connectivity index (χ3n) is 6.09. The normalized spacial score (nSPS) is 20.6. The van der Waals surface area contributed by atoms with Crippen LogP contribution in [0.5, 0.6) is 0 Å². The lowest BCUT2D eigenvalue weighted by Crippen LogP contribution is -2.46. The lowest BCUT2D eigenvalue weighted by Gasteiger charge is -2.39. The number of fused-ring (bicyclic) bond motifs is 1. The Balaban J connectivity index is 1.57. The van der Waals surface area contributed by atoms with Gasteiger partial charge in [0.25, 0.3) is 5.91 Å². The van der Waals surface area contributed by atoms with Crippen molar-refractivity contribution in [2.75, 3.05) is 24.1 Å². The summed E-state index contributed by atoms with van der Waals surface area (Å²) in [5.74, 6) is -0.638. The molecule has 2 aliphatic heterocycles. The van der Waals surface area contributed by atoms with Crippen LogP contribution in [0.2, 0.25) is 0 Å². The quantitative estimate of drug-likeness (QED) is 0.643. The Bertz CT molecular complexity index is 1050. The summed E-state index contributed by atoms with van der Waals surface area (Å²) < 4.78 is 0. The largest absolute Gasteiger partial charge is 0.383 e. The van der Waals surface area contributed by atoms with Gasteiger partial charge in [-0.15, -0.1) is 0 Å². The Morgan fingerprint density at radius 1 is 1.26 bits per heavy atom. The van der Waals surface area contributed by atoms with Crippen LogP contribution < -0.4 is 16.4 Å². The number of hydrogen-bond acceptors (Lipinski definition) is 5. The molecule has 8 heteroatoms. The fourth-order valence-corrected chi connectivity index (χ4v) is 4.35. The Morgan fingerprint density at radius 3 is 2.84 bits per heavy atom. The number of carbonyl (C=O) groups excluding carboxylic acids is 3. The maximum Gasteiger partial charge on any atom is 0.313 e. The fraction of sp³-hybridized carbons (Fsp3) is 0.391. The standard InChI is InChI=1S/C23H27N5O3/c1-13-3-6-19(16-4-5-18-15(10-16)7-8-25-21(18)29)28(12-13)23(31)22(30)27-17-9-14(2)20(24)26-11-17/h4-5,9-11,13,19H,3,6-8,12H2,1-2H3,(H2,24,26)(H,25,29)(H,27,30)/t13-,19+/m1/s1. The monoisotopic (exact) mass is 421 g/mol. The molecule has 3 amide bonds. The van der Waals surface area contributed by atoms with Gasteiger partial charge in [0.1, 0.15) is 5.82 Å². The van der Waals surface area contributed by atoms with Crippen LogP contribution in [0.1, 0.15) is 52.9 Å². The summed E-state index contributed by atoms with van der Waals surface area (Å²) in [5, 5.41) is 5.49. The van der Waals surface area contributed by atoms with Gasteiger partial charge in [0.05, 0.1) is 17.9 Å². The van der Waals surface area contributed by atoms with Crippen LogP contribution in [0.25, 0.3) is 0 Å². The predicted molar refractivity (Wildman–Crippen MR) is 117 cm³/mol. The first-order valence-electron chi connectivity index (χ1n) is 10.6. The van der Waals surface area contributed by atoms with Crippen molar-refractivity contribution in [1.29, 1.82) is 0 Å². The molecule has 3 heterocycles. The highest BCUT2D eigenvalue weighted by Gasteiger charge is 2.35. The minimum atomic E-state index is -0.692. The zero-order valence-electron chi connectivity index (χ0n) is 17.8. The van der Waals surface area contributed by atoms with E-state index in [-0.39, 0.29) is 11.9 Å². The van der Waals surface area contributed by atoms with Crippen LogP contribution in [-0.4, -0.2) is 40.7 Å². The molecule has 4 rings (SSSR count). The number of amides is 3. The number of pyridine rings is 1. The molecular formula is C23H27N5O3. The van der Waals surface area contributed by atoms with Crippen molar-refractivity contribution in [3.8, 4) is 0 Å². The van der Waals surface area contributed by atoms with Crippen molar-refractivity contribution in [3.63, 3.8) is 0 Å². The average molecular weight is 422 g/mol. The van der Waals surface area contributed by atoms with E-state index in [0.29, 0.717) is 36.1 Å². The molecule has 2 atom stereocenters. The Morgan fingerprint density at radius 2 is 2.06 bits per heavy atom. The molecule has 2 aliphatic rings. The molecule has 1 saturated heterocycles. The average Bonchev–Trinajstić information content (AvgIpc) is 2.75. The van der Waals surface area contributed by atoms with E-state index in [4.69, 9.17) is 5.73 Å². The van der Waals surface area contributed by atoms with Gasteiger partial charge in [0.2, 0.25) is 0 Å². The smallest absolute Gasteiger partial charge is 0.313 e. The number of aromatic nitrogens is 1. The molecule has 2 aromatic rings. The highest BCUT2D eigenvalue weighted by atomic mass is 16.2. The van der Waals surface area contributed by atoms with E-state index >= 15 is 0 Å². The molecule has 0 radical (unpaired) electrons. The number of nitrogens with one attached hydrogen (secondary N) is 2. The molecule has 162 valence electrons. The summed E-state index contributed by atoms with van der Waals surface area (Å²) >= 11 is 0. The first kappa shape index (κ1) is 20.8. The van der Waals surface area contributed by atoms with Crippen molar-refractivity contribution in [2.24, 2.45) is 5.92 Å². The molecule has 0 unspecified atom stereocenters. The van der Waals surface area contributed by atoms with Gasteiger partial charge in [-0.25, -0.2) is 4.98 Å². The summed E-state index contributed by atoms with van der Waals surface area (Å²) in [6, 6.07) is 7.23. The zero-order chi connectivity index (χ0) is 22.1. The van der Waals surface area contributed by atoms with Gasteiger partial charge in [-0.2, -0.15) is 0 Å². The number of anilines is 2. The maximum absolute atomic E-state index is 13.1.